The second-order valence-corrected chi connectivity index (χ2v) is 3.97. The van der Waals surface area contributed by atoms with Crippen LogP contribution in [0.15, 0.2) is 30.5 Å². The van der Waals surface area contributed by atoms with E-state index in [0.29, 0.717) is 22.1 Å². The third kappa shape index (κ3) is 2.57. The van der Waals surface area contributed by atoms with Crippen molar-refractivity contribution in [1.29, 1.82) is 0 Å². The molecule has 0 saturated carbocycles. The zero-order valence-electron chi connectivity index (χ0n) is 9.14. The lowest BCUT2D eigenvalue weighted by Gasteiger charge is -2.04. The molecule has 0 spiro atoms. The number of halogens is 1. The van der Waals surface area contributed by atoms with Gasteiger partial charge in [-0.25, -0.2) is 0 Å². The van der Waals surface area contributed by atoms with Crippen molar-refractivity contribution in [3.8, 4) is 0 Å². The number of aryl methyl sites for hydroxylation is 1. The Morgan fingerprint density at radius 1 is 1.47 bits per heavy atom. The van der Waals surface area contributed by atoms with Crippen molar-refractivity contribution in [2.75, 3.05) is 11.1 Å². The number of benzene rings is 1. The van der Waals surface area contributed by atoms with Gasteiger partial charge in [-0.2, -0.15) is 5.10 Å². The lowest BCUT2D eigenvalue weighted by molar-refractivity contribution is 0.102. The van der Waals surface area contributed by atoms with Gasteiger partial charge in [0.25, 0.3) is 5.91 Å². The predicted octanol–water partition coefficient (Wildman–Crippen LogP) is 1.91. The Labute approximate surface area is 103 Å². The lowest BCUT2D eigenvalue weighted by atomic mass is 10.2. The first-order valence-electron chi connectivity index (χ1n) is 4.92. The monoisotopic (exact) mass is 250 g/mol. The Morgan fingerprint density at radius 2 is 2.24 bits per heavy atom. The van der Waals surface area contributed by atoms with Crippen LogP contribution < -0.4 is 11.1 Å². The highest BCUT2D eigenvalue weighted by atomic mass is 35.5. The number of carbonyl (C=O) groups excluding carboxylic acids is 1. The van der Waals surface area contributed by atoms with Crippen LogP contribution in [-0.2, 0) is 7.05 Å². The Morgan fingerprint density at radius 3 is 2.82 bits per heavy atom. The number of carbonyl (C=O) groups is 1. The Hall–Kier alpha value is -2.01. The van der Waals surface area contributed by atoms with Crippen molar-refractivity contribution < 1.29 is 4.79 Å². The van der Waals surface area contributed by atoms with E-state index in [1.165, 1.54) is 6.07 Å². The highest BCUT2D eigenvalue weighted by Gasteiger charge is 2.09. The first kappa shape index (κ1) is 11.5. The van der Waals surface area contributed by atoms with E-state index < -0.39 is 0 Å². The van der Waals surface area contributed by atoms with Crippen molar-refractivity contribution in [2.45, 2.75) is 0 Å². The smallest absolute Gasteiger partial charge is 0.256 e. The normalized spacial score (nSPS) is 10.2. The number of amides is 1. The number of hydrogen-bond acceptors (Lipinski definition) is 3. The maximum atomic E-state index is 11.8. The summed E-state index contributed by atoms with van der Waals surface area (Å²) in [6, 6.07) is 6.43. The molecule has 1 heterocycles. The van der Waals surface area contributed by atoms with Crippen LogP contribution in [0, 0.1) is 0 Å². The zero-order chi connectivity index (χ0) is 12.4. The molecular formula is C11H11ClN4O. The number of hydrogen-bond donors (Lipinski definition) is 2. The van der Waals surface area contributed by atoms with Crippen molar-refractivity contribution in [3.05, 3.63) is 41.0 Å². The highest BCUT2D eigenvalue weighted by molar-refractivity contribution is 6.33. The second-order valence-electron chi connectivity index (χ2n) is 3.57. The molecule has 0 aliphatic rings. The van der Waals surface area contributed by atoms with E-state index in [4.69, 9.17) is 17.3 Å². The van der Waals surface area contributed by atoms with Crippen LogP contribution in [0.25, 0.3) is 0 Å². The fraction of sp³-hybridized carbons (Fsp3) is 0.0909. The molecule has 0 saturated heterocycles. The summed E-state index contributed by atoms with van der Waals surface area (Å²) in [5.41, 5.74) is 6.44. The van der Waals surface area contributed by atoms with Gasteiger partial charge >= 0.3 is 0 Å². The van der Waals surface area contributed by atoms with Crippen molar-refractivity contribution in [1.82, 2.24) is 9.78 Å². The van der Waals surface area contributed by atoms with Crippen LogP contribution in [-0.4, -0.2) is 15.7 Å². The minimum Gasteiger partial charge on any atom is -0.398 e. The summed E-state index contributed by atoms with van der Waals surface area (Å²) in [5, 5.41) is 7.13. The van der Waals surface area contributed by atoms with Gasteiger partial charge in [-0.15, -0.1) is 0 Å². The maximum Gasteiger partial charge on any atom is 0.256 e. The number of aromatic nitrogens is 2. The molecule has 1 aromatic carbocycles. The molecule has 3 N–H and O–H groups in total. The molecule has 0 aliphatic heterocycles. The Balaban J connectivity index is 2.17. The minimum atomic E-state index is -0.271. The summed E-state index contributed by atoms with van der Waals surface area (Å²) in [6.07, 6.45) is 1.74. The highest BCUT2D eigenvalue weighted by Crippen LogP contribution is 2.19. The van der Waals surface area contributed by atoms with E-state index in [2.05, 4.69) is 10.4 Å². The number of nitrogen functional groups attached to an aromatic ring is 1. The van der Waals surface area contributed by atoms with Gasteiger partial charge in [-0.1, -0.05) is 11.6 Å². The fourth-order valence-corrected chi connectivity index (χ4v) is 1.47. The molecule has 0 fully saturated rings. The molecule has 0 radical (unpaired) electrons. The van der Waals surface area contributed by atoms with Crippen LogP contribution in [0.1, 0.15) is 10.4 Å². The molecule has 1 aromatic heterocycles. The third-order valence-electron chi connectivity index (χ3n) is 2.21. The largest absolute Gasteiger partial charge is 0.398 e. The summed E-state index contributed by atoms with van der Waals surface area (Å²) in [4.78, 5) is 11.8. The van der Waals surface area contributed by atoms with Crippen LogP contribution in [0.4, 0.5) is 11.5 Å². The summed E-state index contributed by atoms with van der Waals surface area (Å²) in [7, 11) is 1.77. The van der Waals surface area contributed by atoms with E-state index in [0.717, 1.165) is 0 Å². The van der Waals surface area contributed by atoms with E-state index >= 15 is 0 Å². The van der Waals surface area contributed by atoms with Gasteiger partial charge < -0.3 is 11.1 Å². The van der Waals surface area contributed by atoms with Gasteiger partial charge in [0, 0.05) is 24.9 Å². The molecule has 88 valence electrons. The molecule has 0 bridgehead atoms. The number of nitrogens with zero attached hydrogens (tertiary/aromatic N) is 2. The maximum absolute atomic E-state index is 11.8. The van der Waals surface area contributed by atoms with Crippen LogP contribution in [0.3, 0.4) is 0 Å². The molecule has 1 amide bonds. The lowest BCUT2D eigenvalue weighted by Crippen LogP contribution is -2.12. The van der Waals surface area contributed by atoms with E-state index in [-0.39, 0.29) is 5.91 Å². The predicted molar refractivity (Wildman–Crippen MR) is 67.0 cm³/mol. The fourth-order valence-electron chi connectivity index (χ4n) is 1.36. The summed E-state index contributed by atoms with van der Waals surface area (Å²) in [5.74, 6) is 0.220. The molecule has 6 heteroatoms. The van der Waals surface area contributed by atoms with Crippen LogP contribution in [0.2, 0.25) is 5.02 Å². The molecule has 0 atom stereocenters. The Bertz CT molecular complexity index is 564. The second kappa shape index (κ2) is 4.47. The molecule has 0 unspecified atom stereocenters. The first-order chi connectivity index (χ1) is 8.06. The van der Waals surface area contributed by atoms with E-state index in [1.807, 2.05) is 0 Å². The Kier molecular flexibility index (Phi) is 3.01. The molecule has 0 aliphatic carbocycles. The first-order valence-corrected chi connectivity index (χ1v) is 5.30. The zero-order valence-corrected chi connectivity index (χ0v) is 9.90. The van der Waals surface area contributed by atoms with Crippen LogP contribution in [0.5, 0.6) is 0 Å². The van der Waals surface area contributed by atoms with Crippen LogP contribution >= 0.6 is 11.6 Å². The van der Waals surface area contributed by atoms with Gasteiger partial charge in [-0.05, 0) is 18.2 Å². The third-order valence-corrected chi connectivity index (χ3v) is 2.56. The van der Waals surface area contributed by atoms with Gasteiger partial charge in [0.2, 0.25) is 0 Å². The van der Waals surface area contributed by atoms with Crippen molar-refractivity contribution in [3.63, 3.8) is 0 Å². The number of anilines is 2. The number of nitrogens with two attached hydrogens (primary N) is 1. The van der Waals surface area contributed by atoms with Crippen molar-refractivity contribution >= 4 is 29.0 Å². The van der Waals surface area contributed by atoms with Crippen molar-refractivity contribution in [2.24, 2.45) is 7.05 Å². The molecular weight excluding hydrogens is 240 g/mol. The van der Waals surface area contributed by atoms with E-state index in [1.54, 1.807) is 36.1 Å². The minimum absolute atomic E-state index is 0.271. The topological polar surface area (TPSA) is 72.9 Å². The van der Waals surface area contributed by atoms with E-state index in [9.17, 15) is 4.79 Å². The van der Waals surface area contributed by atoms with Gasteiger partial charge in [0.05, 0.1) is 10.7 Å². The summed E-state index contributed by atoms with van der Waals surface area (Å²) in [6.45, 7) is 0. The standard InChI is InChI=1S/C11H11ClN4O/c1-16-5-4-10(15-16)14-11(17)7-2-3-8(12)9(13)6-7/h2-6H,13H2,1H3,(H,14,15,17). The number of rotatable bonds is 2. The summed E-state index contributed by atoms with van der Waals surface area (Å²) < 4.78 is 1.60. The van der Waals surface area contributed by atoms with Gasteiger partial charge in [0.15, 0.2) is 5.82 Å². The number of nitrogens with one attached hydrogen (secondary N) is 1. The SMILES string of the molecule is Cn1ccc(NC(=O)c2ccc(Cl)c(N)c2)n1. The quantitative estimate of drug-likeness (QED) is 0.800. The molecule has 2 aromatic rings. The molecule has 2 rings (SSSR count). The molecule has 5 nitrogen and oxygen atoms in total. The van der Waals surface area contributed by atoms with Gasteiger partial charge in [-0.3, -0.25) is 9.48 Å². The average molecular weight is 251 g/mol. The summed E-state index contributed by atoms with van der Waals surface area (Å²) >= 11 is 5.78. The average Bonchev–Trinajstić information content (AvgIpc) is 2.68. The van der Waals surface area contributed by atoms with Gasteiger partial charge in [0.1, 0.15) is 0 Å². The molecule has 17 heavy (non-hydrogen) atoms.